The maximum atomic E-state index is 8.71. The third kappa shape index (κ3) is 5.63. The summed E-state index contributed by atoms with van der Waals surface area (Å²) < 4.78 is 52.5. The van der Waals surface area contributed by atoms with E-state index < -0.39 is 45.2 Å². The molecule has 0 unspecified atom stereocenters. The number of aryl methyl sites for hydroxylation is 1. The van der Waals surface area contributed by atoms with Gasteiger partial charge in [-0.2, -0.15) is 0 Å². The fourth-order valence-electron chi connectivity index (χ4n) is 7.01. The SMILES string of the molecule is [2H]C([2H])([2H])c1cnc(-c2cccc3c2oc2c(-c4cc[c]5[c](c4)[Ge]([CH3])([CH3])[CH2][CH2][Ge]5([CH3])[CH3])cccc23)cc1-c1ccc(C([2H])([2H])C(C)(C)C)cc1. The summed E-state index contributed by atoms with van der Waals surface area (Å²) in [5, 5.41) is 4.87. The molecule has 1 aliphatic rings. The van der Waals surface area contributed by atoms with Crippen LogP contribution in [0.2, 0.25) is 33.5 Å². The average molecular weight is 718 g/mol. The number of nitrogens with zero attached hydrogens (tertiary/aromatic N) is 1. The van der Waals surface area contributed by atoms with Crippen LogP contribution in [0.15, 0.2) is 95.5 Å². The molecule has 2 aromatic heterocycles. The summed E-state index contributed by atoms with van der Waals surface area (Å²) >= 11 is -4.14. The number of aromatic nitrogens is 1. The molecule has 0 saturated heterocycles. The summed E-state index contributed by atoms with van der Waals surface area (Å²) in [6.45, 7) is 3.25. The van der Waals surface area contributed by atoms with E-state index in [-0.39, 0.29) is 5.56 Å². The predicted octanol–water partition coefficient (Wildman–Crippen LogP) is 10.7. The third-order valence-electron chi connectivity index (χ3n) is 9.58. The predicted molar refractivity (Wildman–Crippen MR) is 200 cm³/mol. The molecular weight excluding hydrogens is 668 g/mol. The summed E-state index contributed by atoms with van der Waals surface area (Å²) in [5.74, 6) is 10.2. The Morgan fingerprint density at radius 1 is 0.733 bits per heavy atom. The zero-order valence-electron chi connectivity index (χ0n) is 32.4. The van der Waals surface area contributed by atoms with Gasteiger partial charge in [-0.25, -0.2) is 0 Å². The zero-order chi connectivity index (χ0) is 36.0. The Bertz CT molecular complexity index is 2280. The molecule has 1 aliphatic heterocycles. The number of para-hydroxylation sites is 2. The molecule has 4 heteroatoms. The van der Waals surface area contributed by atoms with Gasteiger partial charge in [-0.1, -0.05) is 45.0 Å². The second-order valence-corrected chi connectivity index (χ2v) is 35.2. The third-order valence-corrected chi connectivity index (χ3v) is 27.1. The number of hydrogen-bond donors (Lipinski definition) is 0. The Labute approximate surface area is 281 Å². The van der Waals surface area contributed by atoms with Crippen LogP contribution in [0.25, 0.3) is 55.4 Å². The Morgan fingerprint density at radius 2 is 1.36 bits per heavy atom. The Kier molecular flexibility index (Phi) is 6.14. The second-order valence-electron chi connectivity index (χ2n) is 15.1. The number of fused-ring (bicyclic) bond motifs is 4. The molecule has 0 spiro atoms. The van der Waals surface area contributed by atoms with Crippen molar-refractivity contribution in [1.29, 1.82) is 0 Å². The molecule has 0 saturated carbocycles. The minimum absolute atomic E-state index is 0.152. The van der Waals surface area contributed by atoms with Crippen LogP contribution in [0.3, 0.4) is 0 Å². The van der Waals surface area contributed by atoms with Gasteiger partial charge in [-0.05, 0) is 24.2 Å². The van der Waals surface area contributed by atoms with Gasteiger partial charge >= 0.3 is 206 Å². The van der Waals surface area contributed by atoms with E-state index in [1.165, 1.54) is 22.3 Å². The standard InChI is InChI=1S/C41H45Ge2NO/c1-27-26-44-38(24-35(27)29-17-15-28(16-18-29)25-41(2,3)4)34-14-10-13-33-32-12-9-11-31(39(32)45-40(33)34)30-19-20-36-37(23-30)43(7,8)22-21-42(36,5)6/h9-20,23-24,26H,21-22,25H2,1-8H3/i1D3,25D2. The van der Waals surface area contributed by atoms with Gasteiger partial charge in [0.15, 0.2) is 0 Å². The van der Waals surface area contributed by atoms with E-state index in [2.05, 4.69) is 65.5 Å². The van der Waals surface area contributed by atoms with Crippen LogP contribution in [0.1, 0.15) is 38.8 Å². The van der Waals surface area contributed by atoms with Gasteiger partial charge in [-0.15, -0.1) is 0 Å². The Hall–Kier alpha value is -3.08. The van der Waals surface area contributed by atoms with Crippen molar-refractivity contribution in [2.45, 2.75) is 67.5 Å². The molecule has 2 nitrogen and oxygen atoms in total. The van der Waals surface area contributed by atoms with E-state index in [4.69, 9.17) is 16.3 Å². The van der Waals surface area contributed by atoms with Crippen molar-refractivity contribution in [3.05, 3.63) is 102 Å². The van der Waals surface area contributed by atoms with Crippen molar-refractivity contribution in [3.8, 4) is 33.5 Å². The van der Waals surface area contributed by atoms with Crippen LogP contribution in [0, 0.1) is 12.3 Å². The molecule has 3 heterocycles. The van der Waals surface area contributed by atoms with Crippen molar-refractivity contribution in [1.82, 2.24) is 4.98 Å². The molecule has 0 amide bonds. The van der Waals surface area contributed by atoms with Gasteiger partial charge in [0.25, 0.3) is 0 Å². The van der Waals surface area contributed by atoms with Crippen LogP contribution < -0.4 is 8.79 Å². The summed E-state index contributed by atoms with van der Waals surface area (Å²) in [4.78, 5) is 4.70. The first-order chi connectivity index (χ1) is 23.3. The van der Waals surface area contributed by atoms with Crippen molar-refractivity contribution in [3.63, 3.8) is 0 Å². The van der Waals surface area contributed by atoms with Gasteiger partial charge in [0.1, 0.15) is 0 Å². The minimum Gasteiger partial charge on any atom is -0.0599 e. The number of hydrogen-bond acceptors (Lipinski definition) is 2. The molecule has 4 aromatic carbocycles. The second kappa shape index (κ2) is 11.0. The molecular formula is C41H45Ge2NO. The van der Waals surface area contributed by atoms with Crippen molar-refractivity contribution < 1.29 is 11.3 Å². The zero-order valence-corrected chi connectivity index (χ0v) is 31.6. The smallest absolute Gasteiger partial charge is 0.0599 e. The number of benzene rings is 4. The monoisotopic (exact) mass is 720 g/mol. The average Bonchev–Trinajstić information content (AvgIpc) is 3.45. The van der Waals surface area contributed by atoms with Gasteiger partial charge < -0.3 is 0 Å². The number of furan rings is 1. The molecule has 0 fully saturated rings. The molecule has 45 heavy (non-hydrogen) atoms. The molecule has 0 atom stereocenters. The van der Waals surface area contributed by atoms with E-state index in [0.717, 1.165) is 33.1 Å². The molecule has 0 aliphatic carbocycles. The molecule has 228 valence electrons. The molecule has 0 radical (unpaired) electrons. The Balaban J connectivity index is 1.37. The minimum atomic E-state index is -2.38. The quantitative estimate of drug-likeness (QED) is 0.170. The first kappa shape index (κ1) is 25.1. The van der Waals surface area contributed by atoms with E-state index in [1.54, 1.807) is 20.9 Å². The molecule has 7 rings (SSSR count). The molecule has 0 bridgehead atoms. The van der Waals surface area contributed by atoms with Crippen molar-refractivity contribution in [2.24, 2.45) is 5.41 Å². The van der Waals surface area contributed by atoms with E-state index in [1.807, 2.05) is 51.1 Å². The fourth-order valence-corrected chi connectivity index (χ4v) is 37.4. The van der Waals surface area contributed by atoms with Gasteiger partial charge in [0.05, 0.1) is 0 Å². The van der Waals surface area contributed by atoms with Crippen LogP contribution in [0.4, 0.5) is 0 Å². The van der Waals surface area contributed by atoms with E-state index in [0.29, 0.717) is 22.4 Å². The van der Waals surface area contributed by atoms with Gasteiger partial charge in [-0.3, -0.25) is 0 Å². The summed E-state index contributed by atoms with van der Waals surface area (Å²) in [6.07, 6.45) is -0.104. The topological polar surface area (TPSA) is 26.0 Å². The first-order valence-electron chi connectivity index (χ1n) is 18.5. The fraction of sp³-hybridized carbons (Fsp3) is 0.293. The number of rotatable bonds is 4. The van der Waals surface area contributed by atoms with Crippen LogP contribution in [0.5, 0.6) is 0 Å². The molecule has 6 aromatic rings. The maximum absolute atomic E-state index is 8.71. The normalized spacial score (nSPS) is 18.1. The van der Waals surface area contributed by atoms with Crippen LogP contribution >= 0.6 is 0 Å². The summed E-state index contributed by atoms with van der Waals surface area (Å²) in [6, 6.07) is 28.7. The van der Waals surface area contributed by atoms with Crippen molar-refractivity contribution >= 4 is 57.3 Å². The molecule has 0 N–H and O–H groups in total. The van der Waals surface area contributed by atoms with Crippen LogP contribution in [-0.2, 0) is 6.37 Å². The number of pyridine rings is 1. The van der Waals surface area contributed by atoms with E-state index in [9.17, 15) is 0 Å². The van der Waals surface area contributed by atoms with Crippen molar-refractivity contribution in [2.75, 3.05) is 0 Å². The summed E-state index contributed by atoms with van der Waals surface area (Å²) in [7, 11) is 0. The first-order valence-corrected chi connectivity index (χ1v) is 29.5. The van der Waals surface area contributed by atoms with Crippen LogP contribution in [-0.4, -0.2) is 31.5 Å². The Morgan fingerprint density at radius 3 is 2.02 bits per heavy atom. The van der Waals surface area contributed by atoms with Gasteiger partial charge in [0.2, 0.25) is 0 Å². The summed E-state index contributed by atoms with van der Waals surface area (Å²) in [5.41, 5.74) is 6.60. The van der Waals surface area contributed by atoms with Gasteiger partial charge in [0, 0.05) is 6.85 Å². The van der Waals surface area contributed by atoms with E-state index >= 15 is 0 Å².